The summed E-state index contributed by atoms with van der Waals surface area (Å²) in [6.45, 7) is 14.5. The second-order valence-electron chi connectivity index (χ2n) is 9.47. The highest BCUT2D eigenvalue weighted by atomic mass is 32.2. The zero-order chi connectivity index (χ0) is 21.1. The molecule has 0 saturated heterocycles. The number of nitrogens with zero attached hydrogens (tertiary/aromatic N) is 2. The van der Waals surface area contributed by atoms with E-state index in [1.807, 2.05) is 42.2 Å². The maximum Gasteiger partial charge on any atom is 0.0946 e. The molecule has 0 N–H and O–H groups in total. The molecule has 0 saturated carbocycles. The first kappa shape index (κ1) is 22.0. The van der Waals surface area contributed by atoms with Crippen molar-refractivity contribution in [2.45, 2.75) is 73.3 Å². The Labute approximate surface area is 184 Å². The van der Waals surface area contributed by atoms with Crippen LogP contribution in [0.5, 0.6) is 0 Å². The van der Waals surface area contributed by atoms with Gasteiger partial charge in [0.15, 0.2) is 0 Å². The summed E-state index contributed by atoms with van der Waals surface area (Å²) in [6, 6.07) is 18.1. The molecule has 0 aliphatic rings. The molecule has 4 heteroatoms. The molecule has 154 valence electrons. The van der Waals surface area contributed by atoms with Crippen molar-refractivity contribution in [1.82, 2.24) is 9.55 Å². The first-order valence-electron chi connectivity index (χ1n) is 10.1. The second-order valence-corrected chi connectivity index (χ2v) is 12.3. The Morgan fingerprint density at radius 2 is 1.21 bits per heavy atom. The summed E-state index contributed by atoms with van der Waals surface area (Å²) in [5.74, 6) is 0. The standard InChI is InChI=1S/C25H32N2S2/c1-24(2,3)19-7-11-21(12-8-19)28-23(17-27-16-15-26-18-27)29-22-13-9-20(10-14-22)25(4,5)6/h7-16,18,23H,17H2,1-6H3. The van der Waals surface area contributed by atoms with Crippen LogP contribution in [-0.2, 0) is 17.4 Å². The summed E-state index contributed by atoms with van der Waals surface area (Å²) in [4.78, 5) is 6.83. The first-order valence-corrected chi connectivity index (χ1v) is 11.9. The van der Waals surface area contributed by atoms with E-state index in [0.717, 1.165) is 6.54 Å². The Hall–Kier alpha value is -1.65. The molecule has 0 aliphatic heterocycles. The van der Waals surface area contributed by atoms with Gasteiger partial charge in [0, 0.05) is 28.7 Å². The van der Waals surface area contributed by atoms with Crippen molar-refractivity contribution in [1.29, 1.82) is 0 Å². The van der Waals surface area contributed by atoms with Gasteiger partial charge in [-0.2, -0.15) is 0 Å². The fourth-order valence-electron chi connectivity index (χ4n) is 3.04. The Bertz CT molecular complexity index is 824. The van der Waals surface area contributed by atoms with Gasteiger partial charge in [-0.1, -0.05) is 65.8 Å². The van der Waals surface area contributed by atoms with Crippen LogP contribution in [0, 0.1) is 0 Å². The molecule has 29 heavy (non-hydrogen) atoms. The maximum atomic E-state index is 4.21. The van der Waals surface area contributed by atoms with Gasteiger partial charge in [0.2, 0.25) is 0 Å². The molecule has 0 amide bonds. The lowest BCUT2D eigenvalue weighted by Gasteiger charge is -2.21. The SMILES string of the molecule is CC(C)(C)c1ccc(SC(Cn2ccnc2)Sc2ccc(C(C)(C)C)cc2)cc1. The number of benzene rings is 2. The fourth-order valence-corrected chi connectivity index (χ4v) is 5.58. The Balaban J connectivity index is 1.76. The Morgan fingerprint density at radius 1 is 0.759 bits per heavy atom. The van der Waals surface area contributed by atoms with Gasteiger partial charge in [-0.05, 0) is 46.2 Å². The van der Waals surface area contributed by atoms with Gasteiger partial charge in [0.05, 0.1) is 10.9 Å². The number of aromatic nitrogens is 2. The van der Waals surface area contributed by atoms with E-state index in [-0.39, 0.29) is 10.8 Å². The minimum atomic E-state index is 0.183. The van der Waals surface area contributed by atoms with Gasteiger partial charge in [-0.15, -0.1) is 23.5 Å². The lowest BCUT2D eigenvalue weighted by atomic mass is 9.87. The number of rotatable bonds is 6. The quantitative estimate of drug-likeness (QED) is 0.303. The third-order valence-corrected chi connectivity index (χ3v) is 7.38. The van der Waals surface area contributed by atoms with E-state index < -0.39 is 0 Å². The largest absolute Gasteiger partial charge is 0.336 e. The molecule has 0 bridgehead atoms. The van der Waals surface area contributed by atoms with Crippen LogP contribution in [0.3, 0.4) is 0 Å². The minimum absolute atomic E-state index is 0.183. The molecule has 0 spiro atoms. The molecule has 0 fully saturated rings. The molecule has 3 rings (SSSR count). The van der Waals surface area contributed by atoms with E-state index in [9.17, 15) is 0 Å². The lowest BCUT2D eigenvalue weighted by molar-refractivity contribution is 0.589. The van der Waals surface area contributed by atoms with E-state index in [1.54, 1.807) is 0 Å². The van der Waals surface area contributed by atoms with Crippen LogP contribution in [0.25, 0.3) is 0 Å². The smallest absolute Gasteiger partial charge is 0.0946 e. The highest BCUT2D eigenvalue weighted by molar-refractivity contribution is 8.17. The van der Waals surface area contributed by atoms with Crippen molar-refractivity contribution in [3.8, 4) is 0 Å². The van der Waals surface area contributed by atoms with E-state index in [4.69, 9.17) is 0 Å². The zero-order valence-corrected chi connectivity index (χ0v) is 20.0. The number of imidazole rings is 1. The minimum Gasteiger partial charge on any atom is -0.336 e. The van der Waals surface area contributed by atoms with Crippen molar-refractivity contribution < 1.29 is 0 Å². The number of hydrogen-bond donors (Lipinski definition) is 0. The molecule has 0 unspecified atom stereocenters. The van der Waals surface area contributed by atoms with Gasteiger partial charge in [-0.3, -0.25) is 0 Å². The highest BCUT2D eigenvalue weighted by Crippen LogP contribution is 2.38. The van der Waals surface area contributed by atoms with Gasteiger partial charge < -0.3 is 4.57 Å². The molecular weight excluding hydrogens is 392 g/mol. The summed E-state index contributed by atoms with van der Waals surface area (Å²) < 4.78 is 2.53. The van der Waals surface area contributed by atoms with Crippen LogP contribution < -0.4 is 0 Å². The zero-order valence-electron chi connectivity index (χ0n) is 18.3. The number of thioether (sulfide) groups is 2. The van der Waals surface area contributed by atoms with Crippen LogP contribution in [0.1, 0.15) is 52.7 Å². The predicted molar refractivity (Wildman–Crippen MR) is 128 cm³/mol. The summed E-state index contributed by atoms with van der Waals surface area (Å²) in [5.41, 5.74) is 3.11. The molecule has 1 heterocycles. The van der Waals surface area contributed by atoms with Crippen molar-refractivity contribution in [2.75, 3.05) is 0 Å². The van der Waals surface area contributed by atoms with Gasteiger partial charge in [0.25, 0.3) is 0 Å². The molecule has 0 aliphatic carbocycles. The summed E-state index contributed by atoms with van der Waals surface area (Å²) in [7, 11) is 0. The topological polar surface area (TPSA) is 17.8 Å². The van der Waals surface area contributed by atoms with E-state index >= 15 is 0 Å². The van der Waals surface area contributed by atoms with Crippen molar-refractivity contribution in [3.63, 3.8) is 0 Å². The molecule has 0 radical (unpaired) electrons. The first-order chi connectivity index (χ1) is 13.6. The van der Waals surface area contributed by atoms with Crippen molar-refractivity contribution in [3.05, 3.63) is 78.4 Å². The van der Waals surface area contributed by atoms with Crippen LogP contribution in [0.2, 0.25) is 0 Å². The van der Waals surface area contributed by atoms with Crippen LogP contribution >= 0.6 is 23.5 Å². The fraction of sp³-hybridized carbons (Fsp3) is 0.400. The van der Waals surface area contributed by atoms with Crippen LogP contribution in [0.4, 0.5) is 0 Å². The molecule has 0 atom stereocenters. The average molecular weight is 425 g/mol. The van der Waals surface area contributed by atoms with Gasteiger partial charge >= 0.3 is 0 Å². The van der Waals surface area contributed by atoms with Crippen LogP contribution in [0.15, 0.2) is 77.0 Å². The van der Waals surface area contributed by atoms with Crippen molar-refractivity contribution >= 4 is 23.5 Å². The summed E-state index contributed by atoms with van der Waals surface area (Å²) in [6.07, 6.45) is 5.79. The Kier molecular flexibility index (Phi) is 6.85. The maximum absolute atomic E-state index is 4.21. The summed E-state index contributed by atoms with van der Waals surface area (Å²) >= 11 is 3.85. The third-order valence-electron chi connectivity index (χ3n) is 4.89. The summed E-state index contributed by atoms with van der Waals surface area (Å²) in [5, 5.41) is 0. The molecule has 2 aromatic carbocycles. The lowest BCUT2D eigenvalue weighted by Crippen LogP contribution is -2.11. The monoisotopic (exact) mass is 424 g/mol. The van der Waals surface area contributed by atoms with Gasteiger partial charge in [0.1, 0.15) is 0 Å². The Morgan fingerprint density at radius 3 is 1.55 bits per heavy atom. The number of hydrogen-bond acceptors (Lipinski definition) is 3. The van der Waals surface area contributed by atoms with E-state index in [1.165, 1.54) is 20.9 Å². The normalized spacial score (nSPS) is 12.5. The highest BCUT2D eigenvalue weighted by Gasteiger charge is 2.17. The molecule has 1 aromatic heterocycles. The van der Waals surface area contributed by atoms with E-state index in [0.29, 0.717) is 4.58 Å². The van der Waals surface area contributed by atoms with Gasteiger partial charge in [-0.25, -0.2) is 4.98 Å². The molecule has 3 aromatic rings. The molecule has 2 nitrogen and oxygen atoms in total. The second kappa shape index (κ2) is 9.01. The van der Waals surface area contributed by atoms with Crippen LogP contribution in [-0.4, -0.2) is 14.1 Å². The third kappa shape index (κ3) is 6.42. The predicted octanol–water partition coefficient (Wildman–Crippen LogP) is 7.39. The van der Waals surface area contributed by atoms with E-state index in [2.05, 4.69) is 99.6 Å². The average Bonchev–Trinajstić information content (AvgIpc) is 3.14. The molecular formula is C25H32N2S2. The van der Waals surface area contributed by atoms with Crippen molar-refractivity contribution in [2.24, 2.45) is 0 Å².